The van der Waals surface area contributed by atoms with Crippen LogP contribution in [0.5, 0.6) is 0 Å². The zero-order valence-electron chi connectivity index (χ0n) is 13.6. The van der Waals surface area contributed by atoms with E-state index in [0.717, 1.165) is 0 Å². The van der Waals surface area contributed by atoms with Crippen molar-refractivity contribution in [3.8, 4) is 0 Å². The predicted molar refractivity (Wildman–Crippen MR) is 88.7 cm³/mol. The number of rotatable bonds is 3. The van der Waals surface area contributed by atoms with Gasteiger partial charge in [0.05, 0.1) is 21.2 Å². The van der Waals surface area contributed by atoms with E-state index < -0.39 is 21.6 Å². The molecule has 1 heterocycles. The monoisotopic (exact) mass is 343 g/mol. The van der Waals surface area contributed by atoms with Gasteiger partial charge in [-0.1, -0.05) is 24.3 Å². The largest absolute Gasteiger partial charge is 0.268 e. The molecule has 0 saturated heterocycles. The molecule has 3 rings (SSSR count). The van der Waals surface area contributed by atoms with Crippen molar-refractivity contribution >= 4 is 15.9 Å². The first kappa shape index (κ1) is 16.3. The van der Waals surface area contributed by atoms with Crippen LogP contribution in [-0.2, 0) is 10.0 Å². The molecule has 0 spiro atoms. The summed E-state index contributed by atoms with van der Waals surface area (Å²) in [5.74, 6) is -0.704. The van der Waals surface area contributed by atoms with Crippen LogP contribution in [0.4, 0.5) is 0 Å². The molecule has 7 heteroatoms. The summed E-state index contributed by atoms with van der Waals surface area (Å²) in [6.45, 7) is 5.39. The summed E-state index contributed by atoms with van der Waals surface area (Å²) in [7, 11) is -3.94. The van der Waals surface area contributed by atoms with Gasteiger partial charge in [-0.2, -0.15) is 0 Å². The minimum atomic E-state index is -3.94. The molecule has 6 nitrogen and oxygen atoms in total. The van der Waals surface area contributed by atoms with Gasteiger partial charge in [0.1, 0.15) is 5.66 Å². The van der Waals surface area contributed by atoms with Crippen LogP contribution in [0.3, 0.4) is 0 Å². The first-order chi connectivity index (χ1) is 11.2. The number of sulfonamides is 1. The summed E-state index contributed by atoms with van der Waals surface area (Å²) in [5, 5.41) is 1.02. The predicted octanol–water partition coefficient (Wildman–Crippen LogP) is 1.10. The van der Waals surface area contributed by atoms with Crippen LogP contribution in [-0.4, -0.2) is 20.0 Å². The van der Waals surface area contributed by atoms with Crippen molar-refractivity contribution in [2.45, 2.75) is 31.3 Å². The lowest BCUT2D eigenvalue weighted by atomic mass is 10.1. The Labute approximate surface area is 140 Å². The van der Waals surface area contributed by atoms with Gasteiger partial charge in [-0.15, -0.1) is 0 Å². The van der Waals surface area contributed by atoms with E-state index in [2.05, 4.69) is 14.7 Å². The van der Waals surface area contributed by atoms with Crippen LogP contribution >= 0.6 is 0 Å². The van der Waals surface area contributed by atoms with Gasteiger partial charge in [0.25, 0.3) is 15.9 Å². The SMILES string of the molecule is Cc1ccc2c(c1C(=O)NS(=O)(=O)c1ccccc1)=NC(C)(C)N=2. The van der Waals surface area contributed by atoms with Crippen LogP contribution in [0, 0.1) is 6.92 Å². The second-order valence-corrected chi connectivity index (χ2v) is 7.77. The third kappa shape index (κ3) is 2.94. The van der Waals surface area contributed by atoms with E-state index in [1.807, 2.05) is 13.8 Å². The summed E-state index contributed by atoms with van der Waals surface area (Å²) >= 11 is 0. The Morgan fingerprint density at radius 1 is 1.04 bits per heavy atom. The topological polar surface area (TPSA) is 88.0 Å². The van der Waals surface area contributed by atoms with E-state index in [9.17, 15) is 13.2 Å². The van der Waals surface area contributed by atoms with Crippen molar-refractivity contribution in [2.75, 3.05) is 0 Å². The number of nitrogens with one attached hydrogen (secondary N) is 1. The highest BCUT2D eigenvalue weighted by Crippen LogP contribution is 2.13. The lowest BCUT2D eigenvalue weighted by molar-refractivity contribution is 0.0979. The van der Waals surface area contributed by atoms with Crippen molar-refractivity contribution in [2.24, 2.45) is 9.98 Å². The molecule has 1 amide bonds. The van der Waals surface area contributed by atoms with Gasteiger partial charge in [0.15, 0.2) is 0 Å². The number of hydrogen-bond acceptors (Lipinski definition) is 5. The van der Waals surface area contributed by atoms with Gasteiger partial charge in [-0.3, -0.25) is 14.8 Å². The fourth-order valence-electron chi connectivity index (χ4n) is 2.60. The zero-order chi connectivity index (χ0) is 17.5. The number of fused-ring (bicyclic) bond motifs is 1. The lowest BCUT2D eigenvalue weighted by Crippen LogP contribution is -2.38. The number of benzene rings is 2. The molecule has 0 aliphatic carbocycles. The maximum absolute atomic E-state index is 12.6. The van der Waals surface area contributed by atoms with Crippen LogP contribution in [0.25, 0.3) is 0 Å². The molecule has 0 unspecified atom stereocenters. The maximum Gasteiger partial charge on any atom is 0.267 e. The Kier molecular flexibility index (Phi) is 3.76. The molecule has 0 atom stereocenters. The van der Waals surface area contributed by atoms with Gasteiger partial charge in [-0.05, 0) is 44.5 Å². The van der Waals surface area contributed by atoms with Gasteiger partial charge in [-0.25, -0.2) is 13.1 Å². The van der Waals surface area contributed by atoms with E-state index in [4.69, 9.17) is 0 Å². The number of carbonyl (C=O) groups excluding carboxylic acids is 1. The first-order valence-corrected chi connectivity index (χ1v) is 8.89. The highest BCUT2D eigenvalue weighted by molar-refractivity contribution is 7.90. The Balaban J connectivity index is 2.06. The summed E-state index contributed by atoms with van der Waals surface area (Å²) in [6, 6.07) is 11.3. The van der Waals surface area contributed by atoms with Crippen molar-refractivity contribution in [3.05, 3.63) is 64.3 Å². The van der Waals surface area contributed by atoms with Gasteiger partial charge in [0.2, 0.25) is 0 Å². The van der Waals surface area contributed by atoms with Crippen LogP contribution in [0.1, 0.15) is 29.8 Å². The Bertz CT molecular complexity index is 1040. The third-order valence-electron chi connectivity index (χ3n) is 3.65. The average molecular weight is 343 g/mol. The standard InChI is InChI=1S/C17H17N3O3S/c1-11-9-10-13-15(19-17(2,3)18-13)14(11)16(21)20-24(22,23)12-7-5-4-6-8-12/h4-10H,1-3H3,(H,20,21). The lowest BCUT2D eigenvalue weighted by Gasteiger charge is -2.09. The highest BCUT2D eigenvalue weighted by atomic mass is 32.2. The normalized spacial score (nSPS) is 15.1. The second kappa shape index (κ2) is 5.52. The Morgan fingerprint density at radius 2 is 1.71 bits per heavy atom. The minimum Gasteiger partial charge on any atom is -0.268 e. The molecular formula is C17H17N3O3S. The molecule has 0 aromatic heterocycles. The van der Waals surface area contributed by atoms with E-state index in [1.54, 1.807) is 37.3 Å². The summed E-state index contributed by atoms with van der Waals surface area (Å²) < 4.78 is 26.9. The minimum absolute atomic E-state index is 0.0329. The van der Waals surface area contributed by atoms with Crippen molar-refractivity contribution in [3.63, 3.8) is 0 Å². The number of carbonyl (C=O) groups is 1. The zero-order valence-corrected chi connectivity index (χ0v) is 14.4. The average Bonchev–Trinajstić information content (AvgIpc) is 2.81. The van der Waals surface area contributed by atoms with Crippen molar-refractivity contribution in [1.82, 2.24) is 4.72 Å². The molecule has 1 aliphatic rings. The van der Waals surface area contributed by atoms with E-state index in [0.29, 0.717) is 16.3 Å². The smallest absolute Gasteiger partial charge is 0.267 e. The molecule has 0 radical (unpaired) electrons. The van der Waals surface area contributed by atoms with E-state index in [-0.39, 0.29) is 10.5 Å². The van der Waals surface area contributed by atoms with Crippen LogP contribution in [0.15, 0.2) is 57.3 Å². The Morgan fingerprint density at radius 3 is 2.38 bits per heavy atom. The molecule has 2 aromatic carbocycles. The second-order valence-electron chi connectivity index (χ2n) is 6.09. The van der Waals surface area contributed by atoms with E-state index in [1.165, 1.54) is 12.1 Å². The van der Waals surface area contributed by atoms with Gasteiger partial charge >= 0.3 is 0 Å². The fourth-order valence-corrected chi connectivity index (χ4v) is 3.58. The van der Waals surface area contributed by atoms with Crippen LogP contribution in [0.2, 0.25) is 0 Å². The summed E-state index contributed by atoms with van der Waals surface area (Å²) in [6.07, 6.45) is 0. The fraction of sp³-hybridized carbons (Fsp3) is 0.235. The van der Waals surface area contributed by atoms with E-state index >= 15 is 0 Å². The molecule has 0 fully saturated rings. The molecule has 24 heavy (non-hydrogen) atoms. The van der Waals surface area contributed by atoms with Crippen molar-refractivity contribution in [1.29, 1.82) is 0 Å². The molecule has 124 valence electrons. The molecular weight excluding hydrogens is 326 g/mol. The number of aryl methyl sites for hydroxylation is 1. The highest BCUT2D eigenvalue weighted by Gasteiger charge is 2.25. The molecule has 1 N–H and O–H groups in total. The third-order valence-corrected chi connectivity index (χ3v) is 5.00. The molecule has 0 bridgehead atoms. The quantitative estimate of drug-likeness (QED) is 0.905. The first-order valence-electron chi connectivity index (χ1n) is 7.41. The summed E-state index contributed by atoms with van der Waals surface area (Å²) in [4.78, 5) is 21.5. The van der Waals surface area contributed by atoms with Gasteiger partial charge < -0.3 is 0 Å². The number of nitrogens with zero attached hydrogens (tertiary/aromatic N) is 2. The number of hydrogen-bond donors (Lipinski definition) is 1. The molecule has 0 saturated carbocycles. The molecule has 1 aliphatic heterocycles. The maximum atomic E-state index is 12.6. The number of amides is 1. The van der Waals surface area contributed by atoms with Crippen LogP contribution < -0.4 is 15.4 Å². The van der Waals surface area contributed by atoms with Gasteiger partial charge in [0, 0.05) is 0 Å². The Hall–Kier alpha value is -2.54. The van der Waals surface area contributed by atoms with Crippen molar-refractivity contribution < 1.29 is 13.2 Å². The molecule has 2 aromatic rings. The summed E-state index contributed by atoms with van der Waals surface area (Å²) in [5.41, 5.74) is 0.219.